The van der Waals surface area contributed by atoms with Crippen LogP contribution in [0, 0.1) is 0 Å². The molecular formula is C45H77O10P. The van der Waals surface area contributed by atoms with Crippen LogP contribution in [0.25, 0.3) is 0 Å². The lowest BCUT2D eigenvalue weighted by Crippen LogP contribution is -2.29. The summed E-state index contributed by atoms with van der Waals surface area (Å²) in [5.74, 6) is -1.02. The van der Waals surface area contributed by atoms with Crippen LogP contribution in [0.5, 0.6) is 0 Å². The number of rotatable bonds is 39. The Morgan fingerprint density at radius 3 is 1.45 bits per heavy atom. The van der Waals surface area contributed by atoms with E-state index in [2.05, 4.69) is 79.1 Å². The molecule has 3 N–H and O–H groups in total. The van der Waals surface area contributed by atoms with Gasteiger partial charge in [-0.1, -0.05) is 170 Å². The van der Waals surface area contributed by atoms with Crippen molar-refractivity contribution in [2.45, 2.75) is 174 Å². The van der Waals surface area contributed by atoms with Crippen LogP contribution < -0.4 is 0 Å². The summed E-state index contributed by atoms with van der Waals surface area (Å²) in [6.07, 6.45) is 46.0. The van der Waals surface area contributed by atoms with Crippen LogP contribution in [-0.4, -0.2) is 65.7 Å². The molecule has 11 heteroatoms. The number of aliphatic hydroxyl groups excluding tert-OH is 2. The second-order valence-corrected chi connectivity index (χ2v) is 15.4. The number of esters is 2. The number of phosphoric acid groups is 1. The van der Waals surface area contributed by atoms with Gasteiger partial charge in [-0.2, -0.15) is 0 Å². The van der Waals surface area contributed by atoms with Crippen LogP contribution in [-0.2, 0) is 32.7 Å². The first-order valence-electron chi connectivity index (χ1n) is 21.4. The van der Waals surface area contributed by atoms with Crippen LogP contribution in [0.4, 0.5) is 0 Å². The quantitative estimate of drug-likeness (QED) is 0.0237. The summed E-state index contributed by atoms with van der Waals surface area (Å²) in [7, 11) is -4.64. The third-order valence-corrected chi connectivity index (χ3v) is 9.59. The molecule has 0 spiro atoms. The van der Waals surface area contributed by atoms with E-state index in [0.29, 0.717) is 12.8 Å². The van der Waals surface area contributed by atoms with Gasteiger partial charge in [-0.25, -0.2) is 4.57 Å². The average Bonchev–Trinajstić information content (AvgIpc) is 3.19. The molecule has 0 aromatic rings. The van der Waals surface area contributed by atoms with Gasteiger partial charge in [0.15, 0.2) is 6.10 Å². The fourth-order valence-electron chi connectivity index (χ4n) is 5.37. The smallest absolute Gasteiger partial charge is 0.462 e. The highest BCUT2D eigenvalue weighted by molar-refractivity contribution is 7.47. The van der Waals surface area contributed by atoms with E-state index in [1.54, 1.807) is 0 Å². The molecule has 0 rings (SSSR count). The minimum absolute atomic E-state index is 0.0572. The molecule has 0 aromatic carbocycles. The Morgan fingerprint density at radius 2 is 0.982 bits per heavy atom. The summed E-state index contributed by atoms with van der Waals surface area (Å²) in [6.45, 7) is 2.17. The first-order valence-corrected chi connectivity index (χ1v) is 22.9. The largest absolute Gasteiger partial charge is 0.472 e. The van der Waals surface area contributed by atoms with E-state index in [-0.39, 0.29) is 19.4 Å². The molecule has 0 amide bonds. The van der Waals surface area contributed by atoms with Crippen LogP contribution >= 0.6 is 7.82 Å². The van der Waals surface area contributed by atoms with Gasteiger partial charge in [0.25, 0.3) is 0 Å². The highest BCUT2D eigenvalue weighted by Gasteiger charge is 2.27. The van der Waals surface area contributed by atoms with Crippen molar-refractivity contribution in [3.63, 3.8) is 0 Å². The van der Waals surface area contributed by atoms with Gasteiger partial charge >= 0.3 is 19.8 Å². The second-order valence-electron chi connectivity index (χ2n) is 14.0. The average molecular weight is 809 g/mol. The molecule has 0 saturated heterocycles. The van der Waals surface area contributed by atoms with Crippen molar-refractivity contribution >= 4 is 19.8 Å². The monoisotopic (exact) mass is 809 g/mol. The van der Waals surface area contributed by atoms with Crippen molar-refractivity contribution in [2.75, 3.05) is 26.4 Å². The number of allylic oxidation sites excluding steroid dienone is 12. The molecule has 3 unspecified atom stereocenters. The molecule has 0 saturated carbocycles. The molecule has 56 heavy (non-hydrogen) atoms. The van der Waals surface area contributed by atoms with Crippen molar-refractivity contribution in [3.8, 4) is 0 Å². The molecule has 0 heterocycles. The van der Waals surface area contributed by atoms with Gasteiger partial charge < -0.3 is 24.6 Å². The summed E-state index contributed by atoms with van der Waals surface area (Å²) in [5.41, 5.74) is 0. The van der Waals surface area contributed by atoms with E-state index < -0.39 is 51.8 Å². The summed E-state index contributed by atoms with van der Waals surface area (Å²) in [4.78, 5) is 34.9. The minimum atomic E-state index is -4.64. The standard InChI is InChI=1S/C45H77O10P/c1-3-5-7-9-11-13-15-17-19-20-21-22-23-25-27-29-31-33-35-37-45(49)55-43(41-54-56(50,51)53-39-42(47)38-46)40-52-44(48)36-34-32-30-28-26-24-18-16-14-12-10-8-6-4-2/h5,7,11,13,17,19,21-22,25,27,31,33,42-43,46-47H,3-4,6,8-10,12,14-16,18,20,23-24,26,28-30,32,34-41H2,1-2H3,(H,50,51)/b7-5-,13-11-,19-17-,22-21-,27-25-,33-31-. The highest BCUT2D eigenvalue weighted by atomic mass is 31.2. The van der Waals surface area contributed by atoms with E-state index in [9.17, 15) is 24.2 Å². The van der Waals surface area contributed by atoms with Crippen LogP contribution in [0.2, 0.25) is 0 Å². The summed E-state index contributed by atoms with van der Waals surface area (Å²) in [6, 6.07) is 0. The van der Waals surface area contributed by atoms with Crippen LogP contribution in [0.1, 0.15) is 162 Å². The zero-order valence-corrected chi connectivity index (χ0v) is 35.7. The van der Waals surface area contributed by atoms with E-state index in [0.717, 1.165) is 57.8 Å². The van der Waals surface area contributed by atoms with Crippen molar-refractivity contribution in [3.05, 3.63) is 72.9 Å². The number of carbonyl (C=O) groups excluding carboxylic acids is 2. The number of hydrogen-bond donors (Lipinski definition) is 3. The van der Waals surface area contributed by atoms with E-state index in [1.165, 1.54) is 64.2 Å². The maximum Gasteiger partial charge on any atom is 0.472 e. The molecule has 0 aliphatic carbocycles. The lowest BCUT2D eigenvalue weighted by Gasteiger charge is -2.20. The molecule has 0 radical (unpaired) electrons. The number of hydrogen-bond acceptors (Lipinski definition) is 9. The summed E-state index contributed by atoms with van der Waals surface area (Å²) >= 11 is 0. The van der Waals surface area contributed by atoms with Gasteiger partial charge in [0, 0.05) is 12.8 Å². The van der Waals surface area contributed by atoms with Gasteiger partial charge in [-0.3, -0.25) is 18.6 Å². The molecule has 10 nitrogen and oxygen atoms in total. The Kier molecular flexibility index (Phi) is 38.7. The maximum atomic E-state index is 12.6. The molecule has 0 bridgehead atoms. The third kappa shape index (κ3) is 39.6. The molecule has 0 aliphatic heterocycles. The molecule has 0 fully saturated rings. The van der Waals surface area contributed by atoms with Crippen molar-refractivity contribution in [2.24, 2.45) is 0 Å². The van der Waals surface area contributed by atoms with Gasteiger partial charge in [0.1, 0.15) is 12.7 Å². The lowest BCUT2D eigenvalue weighted by atomic mass is 10.0. The van der Waals surface area contributed by atoms with Crippen LogP contribution in [0.15, 0.2) is 72.9 Å². The van der Waals surface area contributed by atoms with Gasteiger partial charge in [-0.05, 0) is 51.4 Å². The van der Waals surface area contributed by atoms with Crippen LogP contribution in [0.3, 0.4) is 0 Å². The number of aliphatic hydroxyl groups is 2. The van der Waals surface area contributed by atoms with Gasteiger partial charge in [0.05, 0.1) is 19.8 Å². The Bertz CT molecular complexity index is 1160. The van der Waals surface area contributed by atoms with E-state index >= 15 is 0 Å². The Morgan fingerprint density at radius 1 is 0.554 bits per heavy atom. The zero-order valence-electron chi connectivity index (χ0n) is 34.8. The van der Waals surface area contributed by atoms with Crippen molar-refractivity contribution < 1.29 is 47.8 Å². The maximum absolute atomic E-state index is 12.6. The first-order chi connectivity index (χ1) is 27.2. The Labute approximate surface area is 339 Å². The predicted octanol–water partition coefficient (Wildman–Crippen LogP) is 11.3. The van der Waals surface area contributed by atoms with Gasteiger partial charge in [0.2, 0.25) is 0 Å². The number of phosphoric ester groups is 1. The Hall–Kier alpha value is -2.59. The zero-order chi connectivity index (χ0) is 41.2. The summed E-state index contributed by atoms with van der Waals surface area (Å²) < 4.78 is 32.6. The molecule has 0 aromatic heterocycles. The van der Waals surface area contributed by atoms with Gasteiger partial charge in [-0.15, -0.1) is 0 Å². The molecule has 322 valence electrons. The normalized spacial score (nSPS) is 14.6. The lowest BCUT2D eigenvalue weighted by molar-refractivity contribution is -0.161. The van der Waals surface area contributed by atoms with Crippen molar-refractivity contribution in [1.82, 2.24) is 0 Å². The van der Waals surface area contributed by atoms with Crippen molar-refractivity contribution in [1.29, 1.82) is 0 Å². The molecule has 0 aliphatic rings. The van der Waals surface area contributed by atoms with E-state index in [1.807, 2.05) is 12.2 Å². The predicted molar refractivity (Wildman–Crippen MR) is 228 cm³/mol. The topological polar surface area (TPSA) is 149 Å². The Balaban J connectivity index is 4.44. The first kappa shape index (κ1) is 53.4. The number of carbonyl (C=O) groups is 2. The van der Waals surface area contributed by atoms with E-state index in [4.69, 9.17) is 19.1 Å². The summed E-state index contributed by atoms with van der Waals surface area (Å²) in [5, 5.41) is 18.3. The fraction of sp³-hybridized carbons (Fsp3) is 0.689. The third-order valence-electron chi connectivity index (χ3n) is 8.64. The number of unbranched alkanes of at least 4 members (excludes halogenated alkanes) is 13. The molecular weight excluding hydrogens is 731 g/mol. The number of ether oxygens (including phenoxy) is 2. The minimum Gasteiger partial charge on any atom is -0.462 e. The molecule has 3 atom stereocenters. The SMILES string of the molecule is CC/C=C\C/C=C\C/C=C\C/C=C\C/C=C\C/C=C\CCC(=O)OC(COC(=O)CCCCCCCCCCCCCCCC)COP(=O)(O)OCC(O)CO. The highest BCUT2D eigenvalue weighted by Crippen LogP contribution is 2.43. The second kappa shape index (κ2) is 40.6. The fourth-order valence-corrected chi connectivity index (χ4v) is 6.16.